The van der Waals surface area contributed by atoms with Crippen LogP contribution >= 0.6 is 0 Å². The summed E-state index contributed by atoms with van der Waals surface area (Å²) in [4.78, 5) is 16.4. The molecular formula is C13H21N3O. The van der Waals surface area contributed by atoms with E-state index < -0.39 is 0 Å². The predicted molar refractivity (Wildman–Crippen MR) is 65.2 cm³/mol. The Labute approximate surface area is 103 Å². The highest BCUT2D eigenvalue weighted by Crippen LogP contribution is 2.29. The highest BCUT2D eigenvalue weighted by molar-refractivity contribution is 5.79. The quantitative estimate of drug-likeness (QED) is 0.669. The van der Waals surface area contributed by atoms with Gasteiger partial charge in [-0.15, -0.1) is 0 Å². The number of nitrogens with zero attached hydrogens (tertiary/aromatic N) is 3. The minimum atomic E-state index is 0.250. The lowest BCUT2D eigenvalue weighted by molar-refractivity contribution is -0.132. The molecule has 0 heterocycles. The SMILES string of the molecule is CCN(C(=O)CN(CCC#N)C1CC1)C1CC1. The number of rotatable bonds is 7. The molecule has 0 aromatic heterocycles. The molecule has 0 aromatic rings. The van der Waals surface area contributed by atoms with Gasteiger partial charge in [-0.25, -0.2) is 0 Å². The number of carbonyl (C=O) groups is 1. The second-order valence-corrected chi connectivity index (χ2v) is 5.02. The summed E-state index contributed by atoms with van der Waals surface area (Å²) in [6, 6.07) is 3.23. The first-order valence-electron chi connectivity index (χ1n) is 6.66. The van der Waals surface area contributed by atoms with Crippen LogP contribution in [0.2, 0.25) is 0 Å². The molecule has 0 aromatic carbocycles. The minimum Gasteiger partial charge on any atom is -0.339 e. The molecule has 0 N–H and O–H groups in total. The summed E-state index contributed by atoms with van der Waals surface area (Å²) in [7, 11) is 0. The van der Waals surface area contributed by atoms with E-state index in [1.54, 1.807) is 0 Å². The van der Waals surface area contributed by atoms with Crippen LogP contribution in [0.1, 0.15) is 39.0 Å². The first kappa shape index (κ1) is 12.4. The van der Waals surface area contributed by atoms with E-state index in [1.165, 1.54) is 25.7 Å². The summed E-state index contributed by atoms with van der Waals surface area (Å²) in [5.41, 5.74) is 0. The molecule has 0 atom stereocenters. The molecule has 1 amide bonds. The van der Waals surface area contributed by atoms with Crippen LogP contribution in [-0.4, -0.2) is 47.4 Å². The average Bonchev–Trinajstić information content (AvgIpc) is 3.16. The summed E-state index contributed by atoms with van der Waals surface area (Å²) in [5.74, 6) is 0.250. The van der Waals surface area contributed by atoms with Crippen LogP contribution in [0.25, 0.3) is 0 Å². The van der Waals surface area contributed by atoms with Crippen molar-refractivity contribution < 1.29 is 4.79 Å². The van der Waals surface area contributed by atoms with Crippen LogP contribution in [0.4, 0.5) is 0 Å². The highest BCUT2D eigenvalue weighted by Gasteiger charge is 2.35. The van der Waals surface area contributed by atoms with Crippen molar-refractivity contribution in [2.24, 2.45) is 0 Å². The molecular weight excluding hydrogens is 214 g/mol. The fourth-order valence-electron chi connectivity index (χ4n) is 2.31. The van der Waals surface area contributed by atoms with E-state index in [2.05, 4.69) is 11.0 Å². The monoisotopic (exact) mass is 235 g/mol. The molecule has 2 fully saturated rings. The lowest BCUT2D eigenvalue weighted by Gasteiger charge is -2.26. The van der Waals surface area contributed by atoms with Gasteiger partial charge < -0.3 is 4.90 Å². The first-order chi connectivity index (χ1) is 8.26. The number of hydrogen-bond donors (Lipinski definition) is 0. The summed E-state index contributed by atoms with van der Waals surface area (Å²) in [6.45, 7) is 4.12. The zero-order valence-corrected chi connectivity index (χ0v) is 10.6. The van der Waals surface area contributed by atoms with Crippen molar-refractivity contribution in [3.63, 3.8) is 0 Å². The molecule has 94 valence electrons. The van der Waals surface area contributed by atoms with Crippen LogP contribution in [0, 0.1) is 11.3 Å². The first-order valence-corrected chi connectivity index (χ1v) is 6.66. The number of likely N-dealkylation sites (N-methyl/N-ethyl adjacent to an activating group) is 1. The summed E-state index contributed by atoms with van der Waals surface area (Å²) in [6.07, 6.45) is 5.24. The molecule has 4 heteroatoms. The van der Waals surface area contributed by atoms with Crippen LogP contribution in [0.15, 0.2) is 0 Å². The van der Waals surface area contributed by atoms with Crippen LogP contribution in [0.3, 0.4) is 0 Å². The van der Waals surface area contributed by atoms with Crippen molar-refractivity contribution in [2.45, 2.75) is 51.1 Å². The predicted octanol–water partition coefficient (Wildman–Crippen LogP) is 1.38. The molecule has 17 heavy (non-hydrogen) atoms. The van der Waals surface area contributed by atoms with Crippen molar-refractivity contribution in [2.75, 3.05) is 19.6 Å². The maximum atomic E-state index is 12.2. The fraction of sp³-hybridized carbons (Fsp3) is 0.846. The van der Waals surface area contributed by atoms with Crippen LogP contribution in [-0.2, 0) is 4.79 Å². The standard InChI is InChI=1S/C13H21N3O/c1-2-16(12-6-7-12)13(17)10-15(9-3-8-14)11-4-5-11/h11-12H,2-7,9-10H2,1H3. The van der Waals surface area contributed by atoms with Crippen molar-refractivity contribution >= 4 is 5.91 Å². The van der Waals surface area contributed by atoms with E-state index in [4.69, 9.17) is 5.26 Å². The van der Waals surface area contributed by atoms with Gasteiger partial charge in [0.2, 0.25) is 5.91 Å². The fourth-order valence-corrected chi connectivity index (χ4v) is 2.31. The van der Waals surface area contributed by atoms with E-state index in [9.17, 15) is 4.79 Å². The van der Waals surface area contributed by atoms with E-state index in [1.807, 2.05) is 11.8 Å². The molecule has 2 aliphatic rings. The molecule has 2 saturated carbocycles. The van der Waals surface area contributed by atoms with Gasteiger partial charge in [-0.2, -0.15) is 5.26 Å². The van der Waals surface area contributed by atoms with Crippen molar-refractivity contribution in [1.29, 1.82) is 5.26 Å². The van der Waals surface area contributed by atoms with Gasteiger partial charge in [-0.3, -0.25) is 9.69 Å². The van der Waals surface area contributed by atoms with Crippen molar-refractivity contribution in [1.82, 2.24) is 9.80 Å². The Kier molecular flexibility index (Phi) is 4.01. The third-order valence-electron chi connectivity index (χ3n) is 3.56. The van der Waals surface area contributed by atoms with E-state index in [-0.39, 0.29) is 5.91 Å². The van der Waals surface area contributed by atoms with Gasteiger partial charge in [0, 0.05) is 31.6 Å². The Morgan fingerprint density at radius 1 is 1.29 bits per heavy atom. The third kappa shape index (κ3) is 3.44. The Hall–Kier alpha value is -1.08. The second kappa shape index (κ2) is 5.50. The van der Waals surface area contributed by atoms with E-state index in [0.29, 0.717) is 25.0 Å². The lowest BCUT2D eigenvalue weighted by Crippen LogP contribution is -2.42. The Bertz CT molecular complexity index is 315. The van der Waals surface area contributed by atoms with Gasteiger partial charge in [0.25, 0.3) is 0 Å². The van der Waals surface area contributed by atoms with Crippen LogP contribution < -0.4 is 0 Å². The molecule has 2 rings (SSSR count). The van der Waals surface area contributed by atoms with Crippen molar-refractivity contribution in [3.8, 4) is 6.07 Å². The minimum absolute atomic E-state index is 0.250. The lowest BCUT2D eigenvalue weighted by atomic mass is 10.3. The third-order valence-corrected chi connectivity index (χ3v) is 3.56. The van der Waals surface area contributed by atoms with Gasteiger partial charge >= 0.3 is 0 Å². The highest BCUT2D eigenvalue weighted by atomic mass is 16.2. The summed E-state index contributed by atoms with van der Waals surface area (Å²) in [5, 5.41) is 8.63. The zero-order valence-electron chi connectivity index (χ0n) is 10.6. The smallest absolute Gasteiger partial charge is 0.236 e. The molecule has 2 aliphatic carbocycles. The number of hydrogen-bond acceptors (Lipinski definition) is 3. The Morgan fingerprint density at radius 3 is 2.41 bits per heavy atom. The molecule has 0 bridgehead atoms. The van der Waals surface area contributed by atoms with Gasteiger partial charge in [-0.1, -0.05) is 0 Å². The Morgan fingerprint density at radius 2 is 1.94 bits per heavy atom. The topological polar surface area (TPSA) is 47.3 Å². The second-order valence-electron chi connectivity index (χ2n) is 5.02. The van der Waals surface area contributed by atoms with Crippen molar-refractivity contribution in [3.05, 3.63) is 0 Å². The Balaban J connectivity index is 1.83. The van der Waals surface area contributed by atoms with Gasteiger partial charge in [0.1, 0.15) is 0 Å². The molecule has 0 saturated heterocycles. The summed E-state index contributed by atoms with van der Waals surface area (Å²) >= 11 is 0. The number of amides is 1. The van der Waals surface area contributed by atoms with Crippen LogP contribution in [0.5, 0.6) is 0 Å². The van der Waals surface area contributed by atoms with Gasteiger partial charge in [0.05, 0.1) is 12.6 Å². The normalized spacial score (nSPS) is 19.1. The average molecular weight is 235 g/mol. The molecule has 0 radical (unpaired) electrons. The van der Waals surface area contributed by atoms with Gasteiger partial charge in [-0.05, 0) is 32.6 Å². The molecule has 4 nitrogen and oxygen atoms in total. The summed E-state index contributed by atoms with van der Waals surface area (Å²) < 4.78 is 0. The maximum Gasteiger partial charge on any atom is 0.236 e. The maximum absolute atomic E-state index is 12.2. The van der Waals surface area contributed by atoms with E-state index >= 15 is 0 Å². The van der Waals surface area contributed by atoms with E-state index in [0.717, 1.165) is 13.1 Å². The molecule has 0 unspecified atom stereocenters. The molecule has 0 spiro atoms. The molecule has 0 aliphatic heterocycles. The zero-order chi connectivity index (χ0) is 12.3. The largest absolute Gasteiger partial charge is 0.339 e. The van der Waals surface area contributed by atoms with Gasteiger partial charge in [0.15, 0.2) is 0 Å². The number of nitriles is 1. The number of carbonyl (C=O) groups excluding carboxylic acids is 1.